The fourth-order valence-corrected chi connectivity index (χ4v) is 1.74. The highest BCUT2D eigenvalue weighted by atomic mass is 16.5. The van der Waals surface area contributed by atoms with Gasteiger partial charge in [0.05, 0.1) is 12.7 Å². The van der Waals surface area contributed by atoms with Crippen molar-refractivity contribution in [3.05, 3.63) is 24.3 Å². The van der Waals surface area contributed by atoms with Crippen molar-refractivity contribution in [3.8, 4) is 11.8 Å². The molecular weight excluding hydrogens is 236 g/mol. The van der Waals surface area contributed by atoms with Crippen LogP contribution in [0.3, 0.4) is 0 Å². The van der Waals surface area contributed by atoms with Gasteiger partial charge in [0.1, 0.15) is 5.75 Å². The van der Waals surface area contributed by atoms with E-state index in [4.69, 9.17) is 10.00 Å². The maximum atomic E-state index is 8.65. The van der Waals surface area contributed by atoms with Crippen molar-refractivity contribution in [2.45, 2.75) is 40.0 Å². The van der Waals surface area contributed by atoms with Gasteiger partial charge >= 0.3 is 0 Å². The molecule has 0 aliphatic rings. The summed E-state index contributed by atoms with van der Waals surface area (Å²) in [6.07, 6.45) is 2.52. The molecule has 104 valence electrons. The Kier molecular flexibility index (Phi) is 6.21. The molecular formula is C16H24N2O. The van der Waals surface area contributed by atoms with Crippen LogP contribution in [0.25, 0.3) is 0 Å². The van der Waals surface area contributed by atoms with Gasteiger partial charge in [-0.3, -0.25) is 0 Å². The lowest BCUT2D eigenvalue weighted by Gasteiger charge is -2.24. The highest BCUT2D eigenvalue weighted by Gasteiger charge is 2.16. The molecule has 1 aromatic carbocycles. The average molecular weight is 260 g/mol. The number of benzene rings is 1. The van der Waals surface area contributed by atoms with Gasteiger partial charge in [-0.25, -0.2) is 0 Å². The van der Waals surface area contributed by atoms with Crippen LogP contribution < -0.4 is 10.1 Å². The van der Waals surface area contributed by atoms with Gasteiger partial charge in [-0.15, -0.1) is 0 Å². The van der Waals surface area contributed by atoms with Gasteiger partial charge in [0.2, 0.25) is 0 Å². The van der Waals surface area contributed by atoms with Crippen molar-refractivity contribution in [1.82, 2.24) is 0 Å². The summed E-state index contributed by atoms with van der Waals surface area (Å²) in [6, 6.07) is 10.2. The van der Waals surface area contributed by atoms with Gasteiger partial charge in [-0.1, -0.05) is 26.8 Å². The molecule has 0 aromatic heterocycles. The molecule has 0 atom stereocenters. The second-order valence-electron chi connectivity index (χ2n) is 5.55. The van der Waals surface area contributed by atoms with Crippen molar-refractivity contribution in [3.63, 3.8) is 0 Å². The molecule has 0 saturated heterocycles. The lowest BCUT2D eigenvalue weighted by molar-refractivity contribution is 0.317. The number of hydrogen-bond donors (Lipinski definition) is 1. The topological polar surface area (TPSA) is 45.0 Å². The molecule has 1 rings (SSSR count). The lowest BCUT2D eigenvalue weighted by atomic mass is 9.88. The molecule has 1 N–H and O–H groups in total. The Morgan fingerprint density at radius 2 is 2.16 bits per heavy atom. The lowest BCUT2D eigenvalue weighted by Crippen LogP contribution is -2.22. The highest BCUT2D eigenvalue weighted by molar-refractivity contribution is 5.48. The van der Waals surface area contributed by atoms with Crippen LogP contribution in [0.15, 0.2) is 24.3 Å². The monoisotopic (exact) mass is 260 g/mol. The summed E-state index contributed by atoms with van der Waals surface area (Å²) < 4.78 is 5.61. The van der Waals surface area contributed by atoms with E-state index in [1.165, 1.54) is 0 Å². The number of rotatable bonds is 8. The molecule has 0 amide bonds. The number of anilines is 1. The summed E-state index contributed by atoms with van der Waals surface area (Å²) in [4.78, 5) is 0. The van der Waals surface area contributed by atoms with Crippen LogP contribution in [-0.2, 0) is 0 Å². The number of nitriles is 1. The van der Waals surface area contributed by atoms with E-state index in [1.807, 2.05) is 24.3 Å². The van der Waals surface area contributed by atoms with Crippen molar-refractivity contribution in [2.75, 3.05) is 18.5 Å². The van der Waals surface area contributed by atoms with Crippen LogP contribution in [-0.4, -0.2) is 13.2 Å². The van der Waals surface area contributed by atoms with Gasteiger partial charge in [0.25, 0.3) is 0 Å². The van der Waals surface area contributed by atoms with Gasteiger partial charge in [0.15, 0.2) is 0 Å². The second-order valence-corrected chi connectivity index (χ2v) is 5.55. The van der Waals surface area contributed by atoms with E-state index >= 15 is 0 Å². The molecule has 19 heavy (non-hydrogen) atoms. The summed E-state index contributed by atoms with van der Waals surface area (Å²) >= 11 is 0. The zero-order chi connectivity index (χ0) is 14.1. The van der Waals surface area contributed by atoms with Gasteiger partial charge in [-0.05, 0) is 30.4 Å². The molecule has 0 radical (unpaired) electrons. The molecule has 0 fully saturated rings. The van der Waals surface area contributed by atoms with Crippen LogP contribution in [0.1, 0.15) is 40.0 Å². The van der Waals surface area contributed by atoms with Crippen molar-refractivity contribution >= 4 is 5.69 Å². The predicted molar refractivity (Wildman–Crippen MR) is 79.3 cm³/mol. The highest BCUT2D eigenvalue weighted by Crippen LogP contribution is 2.24. The number of ether oxygens (including phenoxy) is 1. The fraction of sp³-hybridized carbons (Fsp3) is 0.562. The maximum Gasteiger partial charge on any atom is 0.121 e. The molecule has 1 aromatic rings. The quantitative estimate of drug-likeness (QED) is 0.761. The van der Waals surface area contributed by atoms with E-state index in [1.54, 1.807) is 0 Å². The third-order valence-corrected chi connectivity index (χ3v) is 2.99. The fourth-order valence-electron chi connectivity index (χ4n) is 1.74. The first-order chi connectivity index (χ1) is 9.07. The Morgan fingerprint density at radius 1 is 1.37 bits per heavy atom. The number of nitrogens with one attached hydrogen (secondary N) is 1. The summed E-state index contributed by atoms with van der Waals surface area (Å²) in [5, 5.41) is 12.1. The molecule has 0 aliphatic heterocycles. The molecule has 0 bridgehead atoms. The van der Waals surface area contributed by atoms with E-state index in [-0.39, 0.29) is 5.41 Å². The van der Waals surface area contributed by atoms with Crippen molar-refractivity contribution < 1.29 is 4.74 Å². The summed E-state index contributed by atoms with van der Waals surface area (Å²) in [5.41, 5.74) is 1.19. The standard InChI is InChI=1S/C16H24N2O/c1-4-11-19-15-8-5-7-14(12-15)18-13-16(2,3)9-6-10-17/h5,7-8,12,18H,4,6,9,11,13H2,1-3H3. The average Bonchev–Trinajstić information content (AvgIpc) is 2.41. The Hall–Kier alpha value is -1.69. The van der Waals surface area contributed by atoms with Crippen LogP contribution in [0.5, 0.6) is 5.75 Å². The van der Waals surface area contributed by atoms with Gasteiger partial charge in [-0.2, -0.15) is 5.26 Å². The van der Waals surface area contributed by atoms with Crippen molar-refractivity contribution in [1.29, 1.82) is 5.26 Å². The van der Waals surface area contributed by atoms with E-state index < -0.39 is 0 Å². The maximum absolute atomic E-state index is 8.65. The minimum Gasteiger partial charge on any atom is -0.494 e. The minimum absolute atomic E-state index is 0.121. The van der Waals surface area contributed by atoms with Crippen LogP contribution >= 0.6 is 0 Å². The van der Waals surface area contributed by atoms with Crippen molar-refractivity contribution in [2.24, 2.45) is 5.41 Å². The van der Waals surface area contributed by atoms with Gasteiger partial charge < -0.3 is 10.1 Å². The minimum atomic E-state index is 0.121. The molecule has 3 heteroatoms. The van der Waals surface area contributed by atoms with E-state index in [9.17, 15) is 0 Å². The first-order valence-electron chi connectivity index (χ1n) is 6.91. The van der Waals surface area contributed by atoms with E-state index in [0.29, 0.717) is 6.42 Å². The summed E-state index contributed by atoms with van der Waals surface area (Å²) in [5.74, 6) is 0.904. The SMILES string of the molecule is CCCOc1cccc(NCC(C)(C)CCC#N)c1. The zero-order valence-electron chi connectivity index (χ0n) is 12.2. The molecule has 0 spiro atoms. The Bertz CT molecular complexity index is 421. The van der Waals surface area contributed by atoms with Crippen LogP contribution in [0, 0.1) is 16.7 Å². The second kappa shape index (κ2) is 7.68. The van der Waals surface area contributed by atoms with E-state index in [2.05, 4.69) is 32.2 Å². The number of nitrogens with zero attached hydrogens (tertiary/aromatic N) is 1. The third kappa shape index (κ3) is 6.15. The van der Waals surface area contributed by atoms with Crippen LogP contribution in [0.4, 0.5) is 5.69 Å². The smallest absolute Gasteiger partial charge is 0.121 e. The predicted octanol–water partition coefficient (Wildman–Crippen LogP) is 4.22. The molecule has 0 saturated carbocycles. The molecule has 0 aliphatic carbocycles. The third-order valence-electron chi connectivity index (χ3n) is 2.99. The molecule has 3 nitrogen and oxygen atoms in total. The Morgan fingerprint density at radius 3 is 2.84 bits per heavy atom. The first kappa shape index (κ1) is 15.4. The molecule has 0 unspecified atom stereocenters. The van der Waals surface area contributed by atoms with Crippen LogP contribution in [0.2, 0.25) is 0 Å². The zero-order valence-corrected chi connectivity index (χ0v) is 12.2. The van der Waals surface area contributed by atoms with Gasteiger partial charge in [0, 0.05) is 24.7 Å². The summed E-state index contributed by atoms with van der Waals surface area (Å²) in [7, 11) is 0. The number of hydrogen-bond acceptors (Lipinski definition) is 3. The Balaban J connectivity index is 2.50. The largest absolute Gasteiger partial charge is 0.494 e. The first-order valence-corrected chi connectivity index (χ1v) is 6.91. The molecule has 0 heterocycles. The summed E-state index contributed by atoms with van der Waals surface area (Å²) in [6.45, 7) is 8.05. The Labute approximate surface area is 116 Å². The normalized spacial score (nSPS) is 10.8. The van der Waals surface area contributed by atoms with E-state index in [0.717, 1.165) is 37.4 Å².